The number of aryl methyl sites for hydroxylation is 1. The van der Waals surface area contributed by atoms with E-state index in [-0.39, 0.29) is 5.56 Å². The van der Waals surface area contributed by atoms with Gasteiger partial charge in [-0.1, -0.05) is 29.3 Å². The van der Waals surface area contributed by atoms with Gasteiger partial charge in [0.1, 0.15) is 5.69 Å². The van der Waals surface area contributed by atoms with Gasteiger partial charge in [-0.05, 0) is 44.3 Å². The largest absolute Gasteiger partial charge is 0.314 e. The summed E-state index contributed by atoms with van der Waals surface area (Å²) in [4.78, 5) is 14.0. The van der Waals surface area contributed by atoms with Crippen LogP contribution in [-0.4, -0.2) is 58.8 Å². The first-order chi connectivity index (χ1) is 15.3. The molecule has 1 aliphatic heterocycles. The maximum Gasteiger partial charge on any atom is 0.264 e. The number of H-pyrrole nitrogens is 1. The predicted molar refractivity (Wildman–Crippen MR) is 137 cm³/mol. The number of thiophene rings is 1. The minimum Gasteiger partial charge on any atom is -0.314 e. The molecule has 0 bridgehead atoms. The minimum atomic E-state index is -0.967. The van der Waals surface area contributed by atoms with Crippen molar-refractivity contribution in [1.82, 2.24) is 20.4 Å². The van der Waals surface area contributed by atoms with Crippen molar-refractivity contribution >= 4 is 33.7 Å². The fourth-order valence-electron chi connectivity index (χ4n) is 2.40. The van der Waals surface area contributed by atoms with E-state index in [1.807, 2.05) is 43.3 Å². The van der Waals surface area contributed by atoms with Crippen LogP contribution in [0.3, 0.4) is 0 Å². The van der Waals surface area contributed by atoms with Gasteiger partial charge in [-0.15, -0.1) is 24.2 Å². The van der Waals surface area contributed by atoms with Gasteiger partial charge in [0, 0.05) is 43.5 Å². The van der Waals surface area contributed by atoms with Crippen LogP contribution in [0.2, 0.25) is 5.02 Å². The molecule has 172 valence electrons. The SMILES string of the molecule is C#C.CN1CCNCC1.CS(=O)c1ccc(-c2ccc(=O)[nH]n2)s1.Cc1ccc(Cl)cc1. The van der Waals surface area contributed by atoms with Gasteiger partial charge < -0.3 is 10.2 Å². The molecule has 1 atom stereocenters. The summed E-state index contributed by atoms with van der Waals surface area (Å²) in [5.41, 5.74) is 1.71. The molecule has 2 aromatic heterocycles. The van der Waals surface area contributed by atoms with Gasteiger partial charge in [0.15, 0.2) is 0 Å². The topological polar surface area (TPSA) is 78.1 Å². The number of terminal acetylenes is 1. The average molecular weight is 493 g/mol. The lowest BCUT2D eigenvalue weighted by Gasteiger charge is -2.21. The number of rotatable bonds is 2. The van der Waals surface area contributed by atoms with Crippen LogP contribution in [0.4, 0.5) is 0 Å². The molecular weight excluding hydrogens is 464 g/mol. The molecular formula is C23H29ClN4O2S2. The van der Waals surface area contributed by atoms with E-state index in [9.17, 15) is 9.00 Å². The second-order valence-corrected chi connectivity index (χ2v) is 9.85. The standard InChI is InChI=1S/C9H8N2O2S2.C7H7Cl.C5H12N2.C2H2/c1-15(13)9-5-3-7(14-9)6-2-4-8(12)11-10-6;1-6-2-4-7(8)5-3-6;1-7-4-2-6-3-5-7;1-2/h2-5H,1H3,(H,11,12);2-5H,1H3;6H,2-5H2,1H3;1-2H. The fraction of sp³-hybridized carbons (Fsp3) is 0.304. The molecule has 1 unspecified atom stereocenters. The van der Waals surface area contributed by atoms with E-state index < -0.39 is 10.8 Å². The van der Waals surface area contributed by atoms with E-state index in [0.29, 0.717) is 5.69 Å². The van der Waals surface area contributed by atoms with Crippen molar-refractivity contribution in [3.63, 3.8) is 0 Å². The molecule has 6 nitrogen and oxygen atoms in total. The van der Waals surface area contributed by atoms with Gasteiger partial charge in [0.05, 0.1) is 19.9 Å². The van der Waals surface area contributed by atoms with Crippen molar-refractivity contribution in [2.45, 2.75) is 11.1 Å². The minimum absolute atomic E-state index is 0.227. The van der Waals surface area contributed by atoms with Gasteiger partial charge in [-0.25, -0.2) is 5.10 Å². The Labute approximate surface area is 201 Å². The lowest BCUT2D eigenvalue weighted by Crippen LogP contribution is -2.40. The number of piperazine rings is 1. The van der Waals surface area contributed by atoms with Gasteiger partial charge in [0.2, 0.25) is 0 Å². The highest BCUT2D eigenvalue weighted by molar-refractivity contribution is 7.86. The molecule has 1 saturated heterocycles. The highest BCUT2D eigenvalue weighted by Crippen LogP contribution is 2.27. The molecule has 2 N–H and O–H groups in total. The Hall–Kier alpha value is -2.28. The van der Waals surface area contributed by atoms with Crippen molar-refractivity contribution in [1.29, 1.82) is 0 Å². The number of aromatic amines is 1. The van der Waals surface area contributed by atoms with E-state index in [0.717, 1.165) is 27.2 Å². The average Bonchev–Trinajstić information content (AvgIpc) is 3.30. The first kappa shape index (κ1) is 27.8. The lowest BCUT2D eigenvalue weighted by molar-refractivity contribution is 0.291. The van der Waals surface area contributed by atoms with Crippen LogP contribution in [0.5, 0.6) is 0 Å². The summed E-state index contributed by atoms with van der Waals surface area (Å²) in [6.07, 6.45) is 9.63. The molecule has 3 heterocycles. The molecule has 9 heteroatoms. The zero-order chi connectivity index (χ0) is 23.9. The van der Waals surface area contributed by atoms with Crippen LogP contribution in [0.1, 0.15) is 5.56 Å². The number of likely N-dealkylation sites (N-methyl/N-ethyl adjacent to an activating group) is 1. The molecule has 1 aromatic carbocycles. The Kier molecular flexibility index (Phi) is 13.5. The maximum atomic E-state index is 11.2. The normalized spacial score (nSPS) is 13.8. The van der Waals surface area contributed by atoms with Crippen LogP contribution in [0, 0.1) is 19.8 Å². The summed E-state index contributed by atoms with van der Waals surface area (Å²) in [5.74, 6) is 0. The zero-order valence-electron chi connectivity index (χ0n) is 18.5. The van der Waals surface area contributed by atoms with Gasteiger partial charge in [-0.3, -0.25) is 9.00 Å². The fourth-order valence-corrected chi connectivity index (χ4v) is 4.24. The monoisotopic (exact) mass is 492 g/mol. The molecule has 0 aliphatic carbocycles. The second kappa shape index (κ2) is 15.5. The van der Waals surface area contributed by atoms with Crippen molar-refractivity contribution in [2.75, 3.05) is 39.5 Å². The summed E-state index contributed by atoms with van der Waals surface area (Å²) in [6.45, 7) is 6.78. The molecule has 0 spiro atoms. The number of benzene rings is 1. The molecule has 0 saturated carbocycles. The predicted octanol–water partition coefficient (Wildman–Crippen LogP) is 3.66. The van der Waals surface area contributed by atoms with Crippen LogP contribution >= 0.6 is 22.9 Å². The maximum absolute atomic E-state index is 11.2. The smallest absolute Gasteiger partial charge is 0.264 e. The number of nitrogens with zero attached hydrogens (tertiary/aromatic N) is 2. The Morgan fingerprint density at radius 3 is 2.09 bits per heavy atom. The number of hydrogen-bond donors (Lipinski definition) is 2. The number of halogens is 1. The molecule has 32 heavy (non-hydrogen) atoms. The van der Waals surface area contributed by atoms with E-state index >= 15 is 0 Å². The molecule has 3 aromatic rings. The van der Waals surface area contributed by atoms with Crippen LogP contribution in [-0.2, 0) is 10.8 Å². The van der Waals surface area contributed by atoms with Crippen LogP contribution in [0.25, 0.3) is 10.6 Å². The van der Waals surface area contributed by atoms with Crippen LogP contribution in [0.15, 0.2) is 57.5 Å². The van der Waals surface area contributed by atoms with E-state index in [4.69, 9.17) is 11.6 Å². The van der Waals surface area contributed by atoms with Crippen LogP contribution < -0.4 is 10.9 Å². The third kappa shape index (κ3) is 10.8. The molecule has 0 radical (unpaired) electrons. The Morgan fingerprint density at radius 2 is 1.69 bits per heavy atom. The molecule has 1 aliphatic rings. The second-order valence-electron chi connectivity index (χ2n) is 6.73. The van der Waals surface area contributed by atoms with Crippen molar-refractivity contribution in [3.8, 4) is 23.4 Å². The quantitative estimate of drug-likeness (QED) is 0.534. The molecule has 0 amide bonds. The Bertz CT molecular complexity index is 985. The number of hydrogen-bond acceptors (Lipinski definition) is 6. The lowest BCUT2D eigenvalue weighted by atomic mass is 10.2. The van der Waals surface area contributed by atoms with Gasteiger partial charge >= 0.3 is 0 Å². The third-order valence-corrected chi connectivity index (χ3v) is 6.96. The van der Waals surface area contributed by atoms with Gasteiger partial charge in [-0.2, -0.15) is 5.10 Å². The summed E-state index contributed by atoms with van der Waals surface area (Å²) in [7, 11) is 1.19. The molecule has 4 rings (SSSR count). The highest BCUT2D eigenvalue weighted by atomic mass is 35.5. The summed E-state index contributed by atoms with van der Waals surface area (Å²) < 4.78 is 12.0. The number of aromatic nitrogens is 2. The highest BCUT2D eigenvalue weighted by Gasteiger charge is 2.06. The number of nitrogens with one attached hydrogen (secondary N) is 2. The van der Waals surface area contributed by atoms with Gasteiger partial charge in [0.25, 0.3) is 5.56 Å². The zero-order valence-corrected chi connectivity index (χ0v) is 20.9. The first-order valence-corrected chi connectivity index (χ1v) is 12.5. The molecule has 1 fully saturated rings. The van der Waals surface area contributed by atoms with Crippen molar-refractivity contribution in [3.05, 3.63) is 69.5 Å². The first-order valence-electron chi connectivity index (χ1n) is 9.79. The third-order valence-electron chi connectivity index (χ3n) is 4.15. The van der Waals surface area contributed by atoms with Crippen molar-refractivity contribution in [2.24, 2.45) is 0 Å². The Morgan fingerprint density at radius 1 is 1.06 bits per heavy atom. The summed E-state index contributed by atoms with van der Waals surface area (Å²) in [5, 5.41) is 10.3. The summed E-state index contributed by atoms with van der Waals surface area (Å²) in [6, 6.07) is 14.5. The van der Waals surface area contributed by atoms with Crippen molar-refractivity contribution < 1.29 is 4.21 Å². The Balaban J connectivity index is 0.000000254. The van der Waals surface area contributed by atoms with E-state index in [1.165, 1.54) is 36.1 Å². The summed E-state index contributed by atoms with van der Waals surface area (Å²) >= 11 is 7.03. The van der Waals surface area contributed by atoms with E-state index in [1.54, 1.807) is 12.3 Å². The van der Waals surface area contributed by atoms with E-state index in [2.05, 4.69) is 40.3 Å².